The Balaban J connectivity index is 0.00000171. The average Bonchev–Trinajstić information content (AvgIpc) is 3.37. The molecule has 4 rings (SSSR count). The lowest BCUT2D eigenvalue weighted by Gasteiger charge is -2.17. The predicted molar refractivity (Wildman–Crippen MR) is 121 cm³/mol. The van der Waals surface area contributed by atoms with Crippen molar-refractivity contribution in [2.24, 2.45) is 5.92 Å². The number of carbonyl (C=O) groups excluding carboxylic acids is 1. The molecule has 31 heavy (non-hydrogen) atoms. The minimum atomic E-state index is -0.863. The van der Waals surface area contributed by atoms with Crippen LogP contribution in [-0.2, 0) is 4.79 Å². The van der Waals surface area contributed by atoms with Gasteiger partial charge in [-0.3, -0.25) is 9.59 Å². The number of aliphatic carboxylic acids is 1. The Kier molecular flexibility index (Phi) is 7.39. The van der Waals surface area contributed by atoms with Gasteiger partial charge in [0.05, 0.1) is 28.8 Å². The van der Waals surface area contributed by atoms with Gasteiger partial charge in [0, 0.05) is 24.7 Å². The highest BCUT2D eigenvalue weighted by Crippen LogP contribution is 2.31. The largest absolute Gasteiger partial charge is 0.481 e. The van der Waals surface area contributed by atoms with Crippen molar-refractivity contribution in [1.82, 2.24) is 19.7 Å². The molecule has 1 amide bonds. The Bertz CT molecular complexity index is 1120. The van der Waals surface area contributed by atoms with E-state index in [1.54, 1.807) is 21.8 Å². The second kappa shape index (κ2) is 9.28. The van der Waals surface area contributed by atoms with Crippen molar-refractivity contribution in [3.63, 3.8) is 0 Å². The van der Waals surface area contributed by atoms with E-state index in [1.807, 2.05) is 33.8 Å². The molecule has 0 radical (unpaired) electrons. The number of nitrogens with zero attached hydrogens (tertiary/aromatic N) is 4. The Labute approximate surface area is 192 Å². The molecule has 4 heterocycles. The Morgan fingerprint density at radius 1 is 1.23 bits per heavy atom. The first kappa shape index (κ1) is 24.7. The fourth-order valence-electron chi connectivity index (χ4n) is 3.91. The Morgan fingerprint density at radius 2 is 1.94 bits per heavy atom. The molecule has 1 N–H and O–H groups in total. The molecule has 3 aromatic rings. The van der Waals surface area contributed by atoms with E-state index in [0.717, 1.165) is 17.1 Å². The van der Waals surface area contributed by atoms with Gasteiger partial charge >= 0.3 is 5.97 Å². The normalized spacial score (nSPS) is 15.8. The number of hydrogen-bond donors (Lipinski definition) is 1. The van der Waals surface area contributed by atoms with E-state index in [0.29, 0.717) is 35.3 Å². The molecular weight excluding hydrogens is 443 g/mol. The van der Waals surface area contributed by atoms with Crippen LogP contribution in [0.25, 0.3) is 22.3 Å². The third-order valence-corrected chi connectivity index (χ3v) is 5.43. The SMILES string of the molecule is Cc1cc(-c2cc(C(=O)N3CCC(C(=O)O)C3)c3cnn(C(C)C)c3n2)c(C)o1.Cl.Cl. The number of aryl methyl sites for hydroxylation is 2. The summed E-state index contributed by atoms with van der Waals surface area (Å²) in [6.07, 6.45) is 2.13. The van der Waals surface area contributed by atoms with Crippen LogP contribution in [0.3, 0.4) is 0 Å². The zero-order valence-electron chi connectivity index (χ0n) is 17.8. The number of pyridine rings is 1. The summed E-state index contributed by atoms with van der Waals surface area (Å²) in [4.78, 5) is 31.0. The number of amides is 1. The summed E-state index contributed by atoms with van der Waals surface area (Å²) in [7, 11) is 0. The van der Waals surface area contributed by atoms with Gasteiger partial charge in [0.25, 0.3) is 5.91 Å². The fourth-order valence-corrected chi connectivity index (χ4v) is 3.91. The topological polar surface area (TPSA) is 101 Å². The van der Waals surface area contributed by atoms with Gasteiger partial charge in [-0.05, 0) is 46.2 Å². The van der Waals surface area contributed by atoms with Crippen molar-refractivity contribution in [2.45, 2.75) is 40.2 Å². The average molecular weight is 469 g/mol. The summed E-state index contributed by atoms with van der Waals surface area (Å²) >= 11 is 0. The smallest absolute Gasteiger partial charge is 0.308 e. The number of rotatable bonds is 4. The molecule has 1 aliphatic heterocycles. The Morgan fingerprint density at radius 3 is 2.48 bits per heavy atom. The second-order valence-corrected chi connectivity index (χ2v) is 7.88. The number of carboxylic acids is 1. The predicted octanol–water partition coefficient (Wildman–Crippen LogP) is 4.28. The molecule has 1 aliphatic rings. The van der Waals surface area contributed by atoms with Crippen LogP contribution in [0.2, 0.25) is 0 Å². The Hall–Kier alpha value is -2.58. The van der Waals surface area contributed by atoms with Gasteiger partial charge in [0.1, 0.15) is 11.5 Å². The molecule has 1 unspecified atom stereocenters. The van der Waals surface area contributed by atoms with Gasteiger partial charge in [-0.1, -0.05) is 0 Å². The van der Waals surface area contributed by atoms with Gasteiger partial charge < -0.3 is 14.4 Å². The van der Waals surface area contributed by atoms with E-state index in [-0.39, 0.29) is 43.3 Å². The van der Waals surface area contributed by atoms with E-state index in [4.69, 9.17) is 9.40 Å². The van der Waals surface area contributed by atoms with Gasteiger partial charge in [-0.2, -0.15) is 5.10 Å². The lowest BCUT2D eigenvalue weighted by atomic mass is 10.1. The molecule has 1 fully saturated rings. The van der Waals surface area contributed by atoms with E-state index >= 15 is 0 Å². The molecule has 8 nitrogen and oxygen atoms in total. The van der Waals surface area contributed by atoms with E-state index in [1.165, 1.54) is 0 Å². The first-order valence-electron chi connectivity index (χ1n) is 9.74. The van der Waals surface area contributed by atoms with Crippen molar-refractivity contribution in [3.8, 4) is 11.3 Å². The van der Waals surface area contributed by atoms with Gasteiger partial charge in [0.2, 0.25) is 0 Å². The van der Waals surface area contributed by atoms with Crippen LogP contribution >= 0.6 is 24.8 Å². The third kappa shape index (κ3) is 4.41. The van der Waals surface area contributed by atoms with Crippen molar-refractivity contribution in [2.75, 3.05) is 13.1 Å². The summed E-state index contributed by atoms with van der Waals surface area (Å²) in [5.74, 6) is -0.0709. The molecule has 168 valence electrons. The summed E-state index contributed by atoms with van der Waals surface area (Å²) in [6, 6.07) is 3.75. The monoisotopic (exact) mass is 468 g/mol. The molecular formula is C21H26Cl2N4O4. The summed E-state index contributed by atoms with van der Waals surface area (Å²) in [6.45, 7) is 8.40. The molecule has 1 atom stereocenters. The van der Waals surface area contributed by atoms with Crippen molar-refractivity contribution in [3.05, 3.63) is 35.4 Å². The number of likely N-dealkylation sites (tertiary alicyclic amines) is 1. The lowest BCUT2D eigenvalue weighted by Crippen LogP contribution is -2.30. The van der Waals surface area contributed by atoms with Crippen LogP contribution in [0, 0.1) is 19.8 Å². The number of aromatic nitrogens is 3. The molecule has 10 heteroatoms. The maximum absolute atomic E-state index is 13.3. The van der Waals surface area contributed by atoms with Crippen LogP contribution in [0.1, 0.15) is 48.2 Å². The molecule has 1 saturated heterocycles. The van der Waals surface area contributed by atoms with Crippen molar-refractivity contribution < 1.29 is 19.1 Å². The van der Waals surface area contributed by atoms with Crippen molar-refractivity contribution in [1.29, 1.82) is 0 Å². The zero-order valence-corrected chi connectivity index (χ0v) is 19.4. The maximum Gasteiger partial charge on any atom is 0.308 e. The molecule has 3 aromatic heterocycles. The van der Waals surface area contributed by atoms with Crippen LogP contribution in [-0.4, -0.2) is 49.7 Å². The minimum absolute atomic E-state index is 0. The first-order valence-corrected chi connectivity index (χ1v) is 9.74. The minimum Gasteiger partial charge on any atom is -0.481 e. The summed E-state index contributed by atoms with van der Waals surface area (Å²) in [5.41, 5.74) is 2.60. The van der Waals surface area contributed by atoms with Gasteiger partial charge in [0.15, 0.2) is 5.65 Å². The quantitative estimate of drug-likeness (QED) is 0.612. The highest BCUT2D eigenvalue weighted by atomic mass is 35.5. The standard InChI is InChI=1S/C21H24N4O4.2ClH/c1-11(2)25-19-17(9-22-25)16(20(26)24-6-5-14(10-24)21(27)28)8-18(23-19)15-7-12(3)29-13(15)4;;/h7-9,11,14H,5-6,10H2,1-4H3,(H,27,28);2*1H. The van der Waals surface area contributed by atoms with E-state index in [9.17, 15) is 14.7 Å². The van der Waals surface area contributed by atoms with Gasteiger partial charge in [-0.15, -0.1) is 24.8 Å². The molecule has 0 spiro atoms. The third-order valence-electron chi connectivity index (χ3n) is 5.43. The number of furan rings is 1. The van der Waals surface area contributed by atoms with Crippen LogP contribution in [0.4, 0.5) is 0 Å². The van der Waals surface area contributed by atoms with E-state index in [2.05, 4.69) is 5.10 Å². The fraction of sp³-hybridized carbons (Fsp3) is 0.429. The highest BCUT2D eigenvalue weighted by molar-refractivity contribution is 6.06. The van der Waals surface area contributed by atoms with Crippen LogP contribution < -0.4 is 0 Å². The summed E-state index contributed by atoms with van der Waals surface area (Å²) < 4.78 is 7.45. The van der Waals surface area contributed by atoms with Gasteiger partial charge in [-0.25, -0.2) is 9.67 Å². The molecule has 0 bridgehead atoms. The number of carbonyl (C=O) groups is 2. The molecule has 0 aliphatic carbocycles. The zero-order chi connectivity index (χ0) is 20.9. The first-order chi connectivity index (χ1) is 13.8. The molecule has 0 aromatic carbocycles. The number of hydrogen-bond acceptors (Lipinski definition) is 5. The number of carboxylic acid groups (broad SMARTS) is 1. The summed E-state index contributed by atoms with van der Waals surface area (Å²) in [5, 5.41) is 14.4. The number of halogens is 2. The van der Waals surface area contributed by atoms with Crippen molar-refractivity contribution >= 4 is 47.7 Å². The molecule has 0 saturated carbocycles. The highest BCUT2D eigenvalue weighted by Gasteiger charge is 2.32. The second-order valence-electron chi connectivity index (χ2n) is 7.88. The van der Waals surface area contributed by atoms with Crippen LogP contribution in [0.15, 0.2) is 22.7 Å². The lowest BCUT2D eigenvalue weighted by molar-refractivity contribution is -0.141. The maximum atomic E-state index is 13.3. The van der Waals surface area contributed by atoms with E-state index < -0.39 is 11.9 Å². The van der Waals surface area contributed by atoms with Crippen LogP contribution in [0.5, 0.6) is 0 Å². The number of fused-ring (bicyclic) bond motifs is 1.